The van der Waals surface area contributed by atoms with Crippen LogP contribution in [0.2, 0.25) is 0 Å². The highest BCUT2D eigenvalue weighted by molar-refractivity contribution is 7.80. The summed E-state index contributed by atoms with van der Waals surface area (Å²) in [4.78, 5) is 0.750. The number of hydrogen-bond acceptors (Lipinski definition) is 3. The van der Waals surface area contributed by atoms with Crippen molar-refractivity contribution in [1.29, 1.82) is 0 Å². The van der Waals surface area contributed by atoms with Gasteiger partial charge >= 0.3 is 0 Å². The van der Waals surface area contributed by atoms with Crippen molar-refractivity contribution in [2.45, 2.75) is 12.5 Å². The maximum atomic E-state index is 5.61. The number of ether oxygens (including phenoxy) is 2. The number of nitrogens with one attached hydrogen (secondary N) is 1. The summed E-state index contributed by atoms with van der Waals surface area (Å²) in [6.07, 6.45) is 0. The Kier molecular flexibility index (Phi) is 4.14. The number of thiocarbonyl (C=S) groups is 1. The first-order chi connectivity index (χ1) is 10.6. The van der Waals surface area contributed by atoms with Crippen LogP contribution in [0.25, 0.3) is 11.1 Å². The number of methoxy groups -OCH3 is 1. The summed E-state index contributed by atoms with van der Waals surface area (Å²) >= 11 is 5.26. The molecule has 0 aromatic heterocycles. The molecule has 114 valence electrons. The van der Waals surface area contributed by atoms with Gasteiger partial charge in [0.15, 0.2) is 0 Å². The zero-order valence-electron chi connectivity index (χ0n) is 12.8. The van der Waals surface area contributed by atoms with E-state index in [1.807, 2.05) is 18.2 Å². The lowest BCUT2D eigenvalue weighted by Crippen LogP contribution is -2.52. The van der Waals surface area contributed by atoms with E-state index < -0.39 is 0 Å². The summed E-state index contributed by atoms with van der Waals surface area (Å²) < 4.78 is 10.9. The highest BCUT2D eigenvalue weighted by Crippen LogP contribution is 2.29. The van der Waals surface area contributed by atoms with E-state index in [-0.39, 0.29) is 5.54 Å². The molecule has 0 aliphatic carbocycles. The normalized spacial score (nSPS) is 21.3. The summed E-state index contributed by atoms with van der Waals surface area (Å²) in [6, 6.07) is 16.5. The van der Waals surface area contributed by atoms with Crippen molar-refractivity contribution < 1.29 is 9.47 Å². The molecule has 1 saturated heterocycles. The van der Waals surface area contributed by atoms with Gasteiger partial charge in [-0.25, -0.2) is 0 Å². The molecule has 0 spiro atoms. The van der Waals surface area contributed by atoms with Crippen LogP contribution < -0.4 is 10.1 Å². The second-order valence-electron chi connectivity index (χ2n) is 5.69. The van der Waals surface area contributed by atoms with E-state index in [1.54, 1.807) is 7.11 Å². The average molecular weight is 313 g/mol. The first-order valence-corrected chi connectivity index (χ1v) is 7.65. The minimum atomic E-state index is -0.287. The fourth-order valence-electron chi connectivity index (χ4n) is 2.73. The average Bonchev–Trinajstić information content (AvgIpc) is 2.55. The van der Waals surface area contributed by atoms with Crippen LogP contribution in [-0.4, -0.2) is 25.3 Å². The molecule has 1 aliphatic heterocycles. The second kappa shape index (κ2) is 6.07. The molecule has 2 aromatic rings. The quantitative estimate of drug-likeness (QED) is 0.878. The molecule has 0 radical (unpaired) electrons. The molecule has 22 heavy (non-hydrogen) atoms. The summed E-state index contributed by atoms with van der Waals surface area (Å²) in [5.41, 5.74) is 3.15. The molecular formula is C18H19NO2S. The Morgan fingerprint density at radius 2 is 1.86 bits per heavy atom. The second-order valence-corrected chi connectivity index (χ2v) is 6.18. The fourth-order valence-corrected chi connectivity index (χ4v) is 3.04. The molecule has 0 bridgehead atoms. The van der Waals surface area contributed by atoms with Gasteiger partial charge in [-0.05, 0) is 41.8 Å². The van der Waals surface area contributed by atoms with Crippen molar-refractivity contribution in [2.75, 3.05) is 20.3 Å². The Morgan fingerprint density at radius 3 is 2.59 bits per heavy atom. The van der Waals surface area contributed by atoms with Gasteiger partial charge in [0.05, 0.1) is 25.9 Å². The van der Waals surface area contributed by atoms with Crippen LogP contribution in [0.15, 0.2) is 48.5 Å². The minimum absolute atomic E-state index is 0.287. The van der Waals surface area contributed by atoms with Gasteiger partial charge in [-0.15, -0.1) is 0 Å². The molecule has 1 N–H and O–H groups in total. The van der Waals surface area contributed by atoms with Crippen LogP contribution in [0.4, 0.5) is 0 Å². The lowest BCUT2D eigenvalue weighted by molar-refractivity contribution is 0.0876. The molecule has 1 heterocycles. The van der Waals surface area contributed by atoms with E-state index in [0.717, 1.165) is 27.4 Å². The smallest absolute Gasteiger partial charge is 0.119 e. The van der Waals surface area contributed by atoms with Crippen molar-refractivity contribution in [1.82, 2.24) is 5.32 Å². The first-order valence-electron chi connectivity index (χ1n) is 7.24. The predicted octanol–water partition coefficient (Wildman–Crippen LogP) is 3.52. The van der Waals surface area contributed by atoms with E-state index >= 15 is 0 Å². The Balaban J connectivity index is 1.97. The third-order valence-corrected chi connectivity index (χ3v) is 4.16. The Morgan fingerprint density at radius 1 is 1.14 bits per heavy atom. The van der Waals surface area contributed by atoms with Crippen LogP contribution in [0, 0.1) is 0 Å². The van der Waals surface area contributed by atoms with Gasteiger partial charge in [-0.3, -0.25) is 0 Å². The lowest BCUT2D eigenvalue weighted by Gasteiger charge is -2.36. The molecule has 1 atom stereocenters. The fraction of sp³-hybridized carbons (Fsp3) is 0.278. The third kappa shape index (κ3) is 2.98. The lowest BCUT2D eigenvalue weighted by atomic mass is 9.89. The standard InChI is InChI=1S/C18H19NO2S/c1-18(12-21-11-17(22)19-18)15-7-3-5-13(9-15)14-6-4-8-16(10-14)20-2/h3-10H,11-12H2,1-2H3,(H,19,22). The third-order valence-electron chi connectivity index (χ3n) is 3.94. The summed E-state index contributed by atoms with van der Waals surface area (Å²) in [5.74, 6) is 0.856. The maximum absolute atomic E-state index is 5.61. The van der Waals surface area contributed by atoms with Crippen LogP contribution in [0.3, 0.4) is 0 Å². The Bertz CT molecular complexity index is 701. The van der Waals surface area contributed by atoms with Gasteiger partial charge in [0, 0.05) is 0 Å². The van der Waals surface area contributed by atoms with Crippen LogP contribution in [0.1, 0.15) is 12.5 Å². The molecule has 1 aliphatic rings. The van der Waals surface area contributed by atoms with Crippen molar-refractivity contribution in [3.8, 4) is 16.9 Å². The van der Waals surface area contributed by atoms with Gasteiger partial charge in [0.2, 0.25) is 0 Å². The van der Waals surface area contributed by atoms with Crippen LogP contribution in [0.5, 0.6) is 5.75 Å². The summed E-state index contributed by atoms with van der Waals surface area (Å²) in [7, 11) is 1.68. The van der Waals surface area contributed by atoms with Crippen molar-refractivity contribution in [3.63, 3.8) is 0 Å². The van der Waals surface area contributed by atoms with Crippen LogP contribution in [-0.2, 0) is 10.3 Å². The first kappa shape index (κ1) is 15.0. The minimum Gasteiger partial charge on any atom is -0.497 e. The van der Waals surface area contributed by atoms with E-state index in [9.17, 15) is 0 Å². The van der Waals surface area contributed by atoms with Crippen molar-refractivity contribution >= 4 is 17.2 Å². The van der Waals surface area contributed by atoms with E-state index in [1.165, 1.54) is 0 Å². The van der Waals surface area contributed by atoms with Gasteiger partial charge < -0.3 is 14.8 Å². The molecule has 3 rings (SSSR count). The number of benzene rings is 2. The molecule has 1 unspecified atom stereocenters. The molecule has 0 saturated carbocycles. The predicted molar refractivity (Wildman–Crippen MR) is 92.3 cm³/mol. The summed E-state index contributed by atoms with van der Waals surface area (Å²) in [5, 5.41) is 3.39. The van der Waals surface area contributed by atoms with Crippen molar-refractivity contribution in [2.24, 2.45) is 0 Å². The van der Waals surface area contributed by atoms with E-state index in [0.29, 0.717) is 13.2 Å². The number of rotatable bonds is 3. The molecule has 0 amide bonds. The summed E-state index contributed by atoms with van der Waals surface area (Å²) in [6.45, 7) is 3.22. The van der Waals surface area contributed by atoms with Gasteiger partial charge in [-0.2, -0.15) is 0 Å². The highest BCUT2D eigenvalue weighted by atomic mass is 32.1. The zero-order chi connectivity index (χ0) is 15.6. The molecular weight excluding hydrogens is 294 g/mol. The molecule has 3 nitrogen and oxygen atoms in total. The maximum Gasteiger partial charge on any atom is 0.119 e. The Hall–Kier alpha value is -1.91. The van der Waals surface area contributed by atoms with Gasteiger partial charge in [0.1, 0.15) is 10.7 Å². The largest absolute Gasteiger partial charge is 0.497 e. The van der Waals surface area contributed by atoms with E-state index in [2.05, 4.69) is 42.6 Å². The SMILES string of the molecule is COc1cccc(-c2cccc(C3(C)COCC(=S)N3)c2)c1. The number of morpholine rings is 1. The Labute approximate surface area is 136 Å². The number of hydrogen-bond donors (Lipinski definition) is 1. The van der Waals surface area contributed by atoms with Crippen molar-refractivity contribution in [3.05, 3.63) is 54.1 Å². The van der Waals surface area contributed by atoms with Gasteiger partial charge in [-0.1, -0.05) is 42.5 Å². The molecule has 1 fully saturated rings. The molecule has 2 aromatic carbocycles. The van der Waals surface area contributed by atoms with Crippen LogP contribution >= 0.6 is 12.2 Å². The van der Waals surface area contributed by atoms with Gasteiger partial charge in [0.25, 0.3) is 0 Å². The highest BCUT2D eigenvalue weighted by Gasteiger charge is 2.31. The topological polar surface area (TPSA) is 30.5 Å². The zero-order valence-corrected chi connectivity index (χ0v) is 13.6. The monoisotopic (exact) mass is 313 g/mol. The molecule has 4 heteroatoms. The van der Waals surface area contributed by atoms with E-state index in [4.69, 9.17) is 21.7 Å².